The van der Waals surface area contributed by atoms with Crippen molar-refractivity contribution in [1.29, 1.82) is 0 Å². The molecule has 0 spiro atoms. The monoisotopic (exact) mass is 494 g/mol. The van der Waals surface area contributed by atoms with Gasteiger partial charge < -0.3 is 10.0 Å². The van der Waals surface area contributed by atoms with Crippen LogP contribution in [0.25, 0.3) is 0 Å². The van der Waals surface area contributed by atoms with Gasteiger partial charge in [0, 0.05) is 12.0 Å². The van der Waals surface area contributed by atoms with Crippen LogP contribution in [-0.2, 0) is 14.8 Å². The largest absolute Gasteiger partial charge is 0.477 e. The molecule has 1 aromatic heterocycles. The third-order valence-corrected chi connectivity index (χ3v) is 9.40. The van der Waals surface area contributed by atoms with Crippen molar-refractivity contribution in [2.45, 2.75) is 78.0 Å². The van der Waals surface area contributed by atoms with Crippen LogP contribution in [0.15, 0.2) is 6.07 Å². The van der Waals surface area contributed by atoms with Crippen LogP contribution in [0.2, 0.25) is 0 Å². The van der Waals surface area contributed by atoms with Crippen LogP contribution in [0, 0.1) is 23.2 Å². The summed E-state index contributed by atoms with van der Waals surface area (Å²) in [5, 5.41) is 9.27. The summed E-state index contributed by atoms with van der Waals surface area (Å²) >= 11 is 1.07. The molecular formula is C24H34N2O5S2. The second-order valence-corrected chi connectivity index (χ2v) is 13.8. The van der Waals surface area contributed by atoms with Crippen molar-refractivity contribution >= 4 is 38.9 Å². The second-order valence-electron chi connectivity index (χ2n) is 10.2. The van der Waals surface area contributed by atoms with Gasteiger partial charge in [0.1, 0.15) is 4.88 Å². The van der Waals surface area contributed by atoms with E-state index in [1.807, 2.05) is 20.8 Å². The summed E-state index contributed by atoms with van der Waals surface area (Å²) in [6.07, 6.45) is 4.97. The van der Waals surface area contributed by atoms with Crippen LogP contribution < -0.4 is 4.90 Å². The molecule has 1 saturated heterocycles. The maximum atomic E-state index is 13.4. The molecule has 1 aliphatic carbocycles. The first kappa shape index (κ1) is 25.7. The molecule has 1 amide bonds. The second kappa shape index (κ2) is 9.77. The first-order valence-electron chi connectivity index (χ1n) is 11.5. The summed E-state index contributed by atoms with van der Waals surface area (Å²) in [5.41, 5.74) is 0.0954. The van der Waals surface area contributed by atoms with E-state index in [-0.39, 0.29) is 35.2 Å². The Morgan fingerprint density at radius 3 is 2.39 bits per heavy atom. The molecule has 33 heavy (non-hydrogen) atoms. The van der Waals surface area contributed by atoms with Crippen molar-refractivity contribution in [3.05, 3.63) is 15.8 Å². The molecule has 0 aromatic carbocycles. The highest BCUT2D eigenvalue weighted by Gasteiger charge is 2.44. The molecule has 0 bridgehead atoms. The van der Waals surface area contributed by atoms with Crippen LogP contribution in [0.5, 0.6) is 0 Å². The summed E-state index contributed by atoms with van der Waals surface area (Å²) in [5.74, 6) is 4.82. The van der Waals surface area contributed by atoms with Gasteiger partial charge in [-0.05, 0) is 59.4 Å². The Bertz CT molecular complexity index is 1070. The van der Waals surface area contributed by atoms with Crippen LogP contribution in [-0.4, -0.2) is 54.1 Å². The standard InChI is InChI=1S/C24H34N2O5S2/c1-16(2)33(30,31)25-14-20(17-9-7-6-8-10-17)26(21(27)15-25)19-13-18(11-12-24(3,4)5)32-22(19)23(28)29/h13,16-17,20H,6-10,14-15H2,1-5H3,(H,28,29)/t20-/m0/s1. The lowest BCUT2D eigenvalue weighted by atomic mass is 9.82. The van der Waals surface area contributed by atoms with Crippen molar-refractivity contribution in [2.75, 3.05) is 18.0 Å². The van der Waals surface area contributed by atoms with Crippen LogP contribution in [0.3, 0.4) is 0 Å². The summed E-state index contributed by atoms with van der Waals surface area (Å²) in [6.45, 7) is 9.07. The Morgan fingerprint density at radius 2 is 1.85 bits per heavy atom. The molecule has 1 N–H and O–H groups in total. The molecular weight excluding hydrogens is 460 g/mol. The van der Waals surface area contributed by atoms with Crippen molar-refractivity contribution in [1.82, 2.24) is 4.31 Å². The number of rotatable bonds is 5. The van der Waals surface area contributed by atoms with Gasteiger partial charge in [-0.1, -0.05) is 31.1 Å². The van der Waals surface area contributed by atoms with Crippen molar-refractivity contribution in [3.63, 3.8) is 0 Å². The number of aromatic carboxylic acids is 1. The summed E-state index contributed by atoms with van der Waals surface area (Å²) in [6, 6.07) is 1.30. The Kier molecular flexibility index (Phi) is 7.62. The fourth-order valence-electron chi connectivity index (χ4n) is 4.47. The Hall–Kier alpha value is -1.89. The van der Waals surface area contributed by atoms with Crippen LogP contribution >= 0.6 is 11.3 Å². The van der Waals surface area contributed by atoms with E-state index >= 15 is 0 Å². The molecule has 2 aliphatic rings. The predicted octanol–water partition coefficient (Wildman–Crippen LogP) is 4.18. The number of anilines is 1. The minimum Gasteiger partial charge on any atom is -0.477 e. The van der Waals surface area contributed by atoms with Crippen LogP contribution in [0.1, 0.15) is 81.3 Å². The molecule has 0 radical (unpaired) electrons. The number of sulfonamides is 1. The quantitative estimate of drug-likeness (QED) is 0.620. The van der Waals surface area contributed by atoms with Gasteiger partial charge in [0.05, 0.1) is 28.4 Å². The zero-order valence-corrected chi connectivity index (χ0v) is 21.7. The number of piperazine rings is 1. The van der Waals surface area contributed by atoms with Gasteiger partial charge in [0.2, 0.25) is 15.9 Å². The molecule has 2 heterocycles. The van der Waals surface area contributed by atoms with Gasteiger partial charge in [-0.2, -0.15) is 4.31 Å². The molecule has 1 saturated carbocycles. The van der Waals surface area contributed by atoms with Gasteiger partial charge in [0.15, 0.2) is 0 Å². The van der Waals surface area contributed by atoms with E-state index in [1.54, 1.807) is 24.8 Å². The fourth-order valence-corrected chi connectivity index (χ4v) is 6.56. The van der Waals surface area contributed by atoms with Crippen molar-refractivity contribution in [2.24, 2.45) is 11.3 Å². The highest BCUT2D eigenvalue weighted by Crippen LogP contribution is 2.39. The zero-order valence-electron chi connectivity index (χ0n) is 20.1. The van der Waals surface area contributed by atoms with Gasteiger partial charge in [-0.15, -0.1) is 11.3 Å². The van der Waals surface area contributed by atoms with E-state index < -0.39 is 27.3 Å². The lowest BCUT2D eigenvalue weighted by molar-refractivity contribution is -0.121. The third kappa shape index (κ3) is 5.79. The number of nitrogens with zero attached hydrogens (tertiary/aromatic N) is 2. The molecule has 0 unspecified atom stereocenters. The van der Waals surface area contributed by atoms with Gasteiger partial charge >= 0.3 is 5.97 Å². The summed E-state index contributed by atoms with van der Waals surface area (Å²) in [7, 11) is -3.61. The van der Waals surface area contributed by atoms with Gasteiger partial charge in [0.25, 0.3) is 0 Å². The van der Waals surface area contributed by atoms with Gasteiger partial charge in [-0.25, -0.2) is 13.2 Å². The number of carboxylic acid groups (broad SMARTS) is 1. The molecule has 1 aliphatic heterocycles. The van der Waals surface area contributed by atoms with E-state index in [0.717, 1.165) is 43.4 Å². The Morgan fingerprint density at radius 1 is 1.21 bits per heavy atom. The number of hydrogen-bond acceptors (Lipinski definition) is 5. The molecule has 1 aromatic rings. The Balaban J connectivity index is 2.07. The average molecular weight is 495 g/mol. The number of amides is 1. The molecule has 3 rings (SSSR count). The minimum atomic E-state index is -3.61. The summed E-state index contributed by atoms with van der Waals surface area (Å²) in [4.78, 5) is 27.8. The molecule has 1 atom stereocenters. The van der Waals surface area contributed by atoms with E-state index in [1.165, 1.54) is 4.31 Å². The topological polar surface area (TPSA) is 95.0 Å². The zero-order chi connectivity index (χ0) is 24.6. The highest BCUT2D eigenvalue weighted by molar-refractivity contribution is 7.89. The minimum absolute atomic E-state index is 0.0718. The SMILES string of the molecule is CC(C)S(=O)(=O)N1CC(=O)N(c2cc(C#CC(C)(C)C)sc2C(=O)O)[C@H](C2CCCCC2)C1. The summed E-state index contributed by atoms with van der Waals surface area (Å²) < 4.78 is 27.1. The highest BCUT2D eigenvalue weighted by atomic mass is 32.2. The smallest absolute Gasteiger partial charge is 0.348 e. The van der Waals surface area contributed by atoms with Crippen LogP contribution in [0.4, 0.5) is 5.69 Å². The van der Waals surface area contributed by atoms with E-state index in [4.69, 9.17) is 0 Å². The number of carbonyl (C=O) groups excluding carboxylic acids is 1. The van der Waals surface area contributed by atoms with Crippen molar-refractivity contribution in [3.8, 4) is 11.8 Å². The molecule has 7 nitrogen and oxygen atoms in total. The maximum Gasteiger partial charge on any atom is 0.348 e. The maximum absolute atomic E-state index is 13.4. The van der Waals surface area contributed by atoms with Gasteiger partial charge in [-0.3, -0.25) is 4.79 Å². The van der Waals surface area contributed by atoms with E-state index in [0.29, 0.717) is 10.6 Å². The molecule has 2 fully saturated rings. The molecule has 182 valence electrons. The number of carboxylic acids is 1. The fraction of sp³-hybridized carbons (Fsp3) is 0.667. The van der Waals surface area contributed by atoms with E-state index in [2.05, 4.69) is 11.8 Å². The first-order valence-corrected chi connectivity index (χ1v) is 13.8. The average Bonchev–Trinajstić information content (AvgIpc) is 3.16. The number of thiophene rings is 1. The molecule has 9 heteroatoms. The number of carbonyl (C=O) groups is 2. The third-order valence-electron chi connectivity index (χ3n) is 6.18. The first-order chi connectivity index (χ1) is 15.3. The predicted molar refractivity (Wildman–Crippen MR) is 131 cm³/mol. The van der Waals surface area contributed by atoms with E-state index in [9.17, 15) is 23.1 Å². The normalized spacial score (nSPS) is 21.2. The lowest BCUT2D eigenvalue weighted by Gasteiger charge is -2.45. The number of hydrogen-bond donors (Lipinski definition) is 1. The van der Waals surface area contributed by atoms with Crippen molar-refractivity contribution < 1.29 is 23.1 Å². The Labute approximate surface area is 201 Å². The lowest BCUT2D eigenvalue weighted by Crippen LogP contribution is -2.61.